The second-order valence-electron chi connectivity index (χ2n) is 7.67. The van der Waals surface area contributed by atoms with Crippen LogP contribution in [0.15, 0.2) is 47.5 Å². The first-order valence-electron chi connectivity index (χ1n) is 9.79. The average Bonchev–Trinajstić information content (AvgIpc) is 2.89. The number of piperazine rings is 1. The molecule has 152 valence electrons. The fraction of sp³-hybridized carbons (Fsp3) is 0.364. The standard InChI is InChI=1S/C22H24ClN3O3/c1-3-22(2,21(27)28)19-13-26(11-10-24-19)20-15-6-4-5-7-17(15)29-18-9-8-14(23)12-16(18)25-20/h4-9,12,19,24H,3,10-11,13H2,1-2H3,(H,27,28)/t19-,22-/m1/s1. The second kappa shape index (κ2) is 7.69. The molecule has 6 nitrogen and oxygen atoms in total. The highest BCUT2D eigenvalue weighted by Gasteiger charge is 2.42. The molecule has 0 radical (unpaired) electrons. The lowest BCUT2D eigenvalue weighted by Gasteiger charge is -2.42. The van der Waals surface area contributed by atoms with Crippen molar-refractivity contribution in [1.29, 1.82) is 0 Å². The molecular formula is C22H24ClN3O3. The molecule has 0 bridgehead atoms. The van der Waals surface area contributed by atoms with Crippen LogP contribution < -0.4 is 10.1 Å². The number of aliphatic imine (C=N–C) groups is 1. The van der Waals surface area contributed by atoms with Gasteiger partial charge >= 0.3 is 5.97 Å². The lowest BCUT2D eigenvalue weighted by Crippen LogP contribution is -2.60. The highest BCUT2D eigenvalue weighted by Crippen LogP contribution is 2.40. The van der Waals surface area contributed by atoms with Gasteiger partial charge in [-0.3, -0.25) is 4.79 Å². The summed E-state index contributed by atoms with van der Waals surface area (Å²) >= 11 is 6.20. The van der Waals surface area contributed by atoms with Crippen molar-refractivity contribution in [2.75, 3.05) is 19.6 Å². The van der Waals surface area contributed by atoms with Crippen LogP contribution in [0, 0.1) is 5.41 Å². The van der Waals surface area contributed by atoms with Crippen LogP contribution in [0.3, 0.4) is 0 Å². The molecule has 0 aromatic heterocycles. The molecule has 2 aliphatic heterocycles. The zero-order chi connectivity index (χ0) is 20.6. The normalized spacial score (nSPS) is 20.4. The summed E-state index contributed by atoms with van der Waals surface area (Å²) in [7, 11) is 0. The fourth-order valence-corrected chi connectivity index (χ4v) is 4.02. The lowest BCUT2D eigenvalue weighted by atomic mass is 9.78. The van der Waals surface area contributed by atoms with E-state index in [0.717, 1.165) is 23.7 Å². The molecule has 0 aliphatic carbocycles. The Morgan fingerprint density at radius 2 is 2.14 bits per heavy atom. The van der Waals surface area contributed by atoms with Gasteiger partial charge in [-0.2, -0.15) is 0 Å². The number of halogens is 1. The summed E-state index contributed by atoms with van der Waals surface area (Å²) in [5.74, 6) is 1.35. The maximum atomic E-state index is 12.0. The summed E-state index contributed by atoms with van der Waals surface area (Å²) in [5.41, 5.74) is 0.686. The molecule has 0 spiro atoms. The number of nitrogens with one attached hydrogen (secondary N) is 1. The number of carboxylic acid groups (broad SMARTS) is 1. The smallest absolute Gasteiger partial charge is 0.310 e. The zero-order valence-electron chi connectivity index (χ0n) is 16.5. The van der Waals surface area contributed by atoms with Crippen molar-refractivity contribution < 1.29 is 14.6 Å². The van der Waals surface area contributed by atoms with E-state index in [-0.39, 0.29) is 6.04 Å². The number of ether oxygens (including phenoxy) is 1. The number of carboxylic acids is 1. The van der Waals surface area contributed by atoms with E-state index in [0.29, 0.717) is 36.0 Å². The molecule has 0 saturated carbocycles. The number of carbonyl (C=O) groups is 1. The number of hydrogen-bond acceptors (Lipinski definition) is 5. The Morgan fingerprint density at radius 3 is 2.90 bits per heavy atom. The van der Waals surface area contributed by atoms with Gasteiger partial charge in [0, 0.05) is 30.7 Å². The number of rotatable bonds is 3. The molecule has 0 unspecified atom stereocenters. The van der Waals surface area contributed by atoms with E-state index >= 15 is 0 Å². The molecule has 2 aromatic carbocycles. The maximum Gasteiger partial charge on any atom is 0.310 e. The molecule has 29 heavy (non-hydrogen) atoms. The topological polar surface area (TPSA) is 74.2 Å². The monoisotopic (exact) mass is 413 g/mol. The molecule has 2 aliphatic rings. The summed E-state index contributed by atoms with van der Waals surface area (Å²) in [6.07, 6.45) is 0.540. The largest absolute Gasteiger partial charge is 0.481 e. The van der Waals surface area contributed by atoms with E-state index in [2.05, 4.69) is 10.2 Å². The average molecular weight is 414 g/mol. The van der Waals surface area contributed by atoms with E-state index in [1.165, 1.54) is 0 Å². The first kappa shape index (κ1) is 19.7. The number of hydrogen-bond donors (Lipinski definition) is 2. The van der Waals surface area contributed by atoms with Gasteiger partial charge in [-0.15, -0.1) is 0 Å². The van der Waals surface area contributed by atoms with Crippen molar-refractivity contribution in [1.82, 2.24) is 10.2 Å². The Bertz CT molecular complexity index is 978. The third-order valence-corrected chi connectivity index (χ3v) is 6.20. The quantitative estimate of drug-likeness (QED) is 0.784. The predicted octanol–water partition coefficient (Wildman–Crippen LogP) is 4.30. The first-order valence-corrected chi connectivity index (χ1v) is 10.2. The third-order valence-electron chi connectivity index (χ3n) is 5.96. The number of aliphatic carboxylic acids is 1. The SMILES string of the molecule is CC[C@@](C)(C(=O)O)[C@H]1CN(C2=Nc3cc(Cl)ccc3Oc3ccccc32)CCN1. The van der Waals surface area contributed by atoms with E-state index in [9.17, 15) is 9.90 Å². The Morgan fingerprint density at radius 1 is 1.34 bits per heavy atom. The van der Waals surface area contributed by atoms with Crippen molar-refractivity contribution >= 4 is 29.1 Å². The highest BCUT2D eigenvalue weighted by atomic mass is 35.5. The van der Waals surface area contributed by atoms with Crippen molar-refractivity contribution in [3.8, 4) is 11.5 Å². The Labute approximate surface area is 175 Å². The van der Waals surface area contributed by atoms with Crippen molar-refractivity contribution in [2.45, 2.75) is 26.3 Å². The minimum absolute atomic E-state index is 0.198. The van der Waals surface area contributed by atoms with E-state index in [4.69, 9.17) is 21.3 Å². The van der Waals surface area contributed by atoms with E-state index in [1.807, 2.05) is 37.3 Å². The first-order chi connectivity index (χ1) is 13.9. The Hall–Kier alpha value is -2.57. The second-order valence-corrected chi connectivity index (χ2v) is 8.11. The number of fused-ring (bicyclic) bond motifs is 2. The molecule has 7 heteroatoms. The summed E-state index contributed by atoms with van der Waals surface area (Å²) in [5, 5.41) is 13.8. The summed E-state index contributed by atoms with van der Waals surface area (Å²) in [4.78, 5) is 19.0. The lowest BCUT2D eigenvalue weighted by molar-refractivity contribution is -0.150. The van der Waals surface area contributed by atoms with Crippen LogP contribution in [0.25, 0.3) is 0 Å². The molecule has 2 N–H and O–H groups in total. The Balaban J connectivity index is 1.77. The van der Waals surface area contributed by atoms with Crippen molar-refractivity contribution in [3.63, 3.8) is 0 Å². The third kappa shape index (κ3) is 3.58. The molecule has 0 amide bonds. The molecule has 1 fully saturated rings. The summed E-state index contributed by atoms with van der Waals surface area (Å²) in [6.45, 7) is 5.66. The maximum absolute atomic E-state index is 12.0. The van der Waals surface area contributed by atoms with Crippen LogP contribution in [0.1, 0.15) is 25.8 Å². The zero-order valence-corrected chi connectivity index (χ0v) is 17.2. The molecule has 2 atom stereocenters. The van der Waals surface area contributed by atoms with Crippen molar-refractivity contribution in [2.24, 2.45) is 10.4 Å². The fourth-order valence-electron chi connectivity index (χ4n) is 3.85. The van der Waals surface area contributed by atoms with Crippen LogP contribution in [0.4, 0.5) is 5.69 Å². The van der Waals surface area contributed by atoms with Gasteiger partial charge in [0.15, 0.2) is 5.75 Å². The number of nitrogens with zero attached hydrogens (tertiary/aromatic N) is 2. The van der Waals surface area contributed by atoms with Gasteiger partial charge < -0.3 is 20.1 Å². The van der Waals surface area contributed by atoms with Crippen LogP contribution in [-0.4, -0.2) is 47.5 Å². The number of benzene rings is 2. The summed E-state index contributed by atoms with van der Waals surface area (Å²) in [6, 6.07) is 13.0. The van der Waals surface area contributed by atoms with Crippen LogP contribution in [0.5, 0.6) is 11.5 Å². The Kier molecular flexibility index (Phi) is 5.23. The minimum atomic E-state index is -0.860. The van der Waals surface area contributed by atoms with Crippen LogP contribution >= 0.6 is 11.6 Å². The van der Waals surface area contributed by atoms with Gasteiger partial charge in [0.05, 0.1) is 11.0 Å². The number of amidine groups is 1. The molecule has 4 rings (SSSR count). The van der Waals surface area contributed by atoms with E-state index < -0.39 is 11.4 Å². The van der Waals surface area contributed by atoms with E-state index in [1.54, 1.807) is 19.1 Å². The molecule has 2 aromatic rings. The van der Waals surface area contributed by atoms with Crippen LogP contribution in [0.2, 0.25) is 5.02 Å². The van der Waals surface area contributed by atoms with Gasteiger partial charge in [-0.25, -0.2) is 4.99 Å². The van der Waals surface area contributed by atoms with Gasteiger partial charge in [-0.05, 0) is 43.7 Å². The predicted molar refractivity (Wildman–Crippen MR) is 114 cm³/mol. The molecule has 1 saturated heterocycles. The van der Waals surface area contributed by atoms with Gasteiger partial charge in [0.2, 0.25) is 0 Å². The number of para-hydroxylation sites is 1. The highest BCUT2D eigenvalue weighted by molar-refractivity contribution is 6.31. The van der Waals surface area contributed by atoms with Crippen molar-refractivity contribution in [3.05, 3.63) is 53.1 Å². The van der Waals surface area contributed by atoms with Gasteiger partial charge in [-0.1, -0.05) is 30.7 Å². The summed E-state index contributed by atoms with van der Waals surface area (Å²) < 4.78 is 6.12. The molecular weight excluding hydrogens is 390 g/mol. The van der Waals surface area contributed by atoms with Gasteiger partial charge in [0.25, 0.3) is 0 Å². The molecule has 2 heterocycles. The van der Waals surface area contributed by atoms with Gasteiger partial charge in [0.1, 0.15) is 17.3 Å². The van der Waals surface area contributed by atoms with Crippen LogP contribution in [-0.2, 0) is 4.79 Å². The minimum Gasteiger partial charge on any atom is -0.481 e.